The van der Waals surface area contributed by atoms with Crippen LogP contribution in [0.2, 0.25) is 0 Å². The predicted molar refractivity (Wildman–Crippen MR) is 59.2 cm³/mol. The minimum absolute atomic E-state index is 0.237. The Balaban J connectivity index is 2.11. The standard InChI is InChI=1S/C12H12F3N2O/c13-12(14,15)10-3-1-9(2-4-10)11(18)17-7-5-16-6-8-17/h1-4H,5-8H2. The Morgan fingerprint density at radius 1 is 1.11 bits per heavy atom. The van der Waals surface area contributed by atoms with Crippen LogP contribution in [0.3, 0.4) is 0 Å². The molecule has 0 atom stereocenters. The second kappa shape index (κ2) is 4.97. The Kier molecular flexibility index (Phi) is 3.56. The third-order valence-corrected chi connectivity index (χ3v) is 2.80. The SMILES string of the molecule is O=C(c1ccc(C(F)(F)F)cc1)N1CC[N]CC1. The Hall–Kier alpha value is -1.56. The Morgan fingerprint density at radius 2 is 1.67 bits per heavy atom. The molecule has 1 aliphatic heterocycles. The molecule has 0 bridgehead atoms. The zero-order chi connectivity index (χ0) is 13.2. The van der Waals surface area contributed by atoms with E-state index in [0.717, 1.165) is 12.1 Å². The van der Waals surface area contributed by atoms with Gasteiger partial charge in [0.25, 0.3) is 5.91 Å². The zero-order valence-electron chi connectivity index (χ0n) is 9.57. The fraction of sp³-hybridized carbons (Fsp3) is 0.417. The number of amides is 1. The number of benzene rings is 1. The summed E-state index contributed by atoms with van der Waals surface area (Å²) in [4.78, 5) is 13.6. The number of nitrogens with zero attached hydrogens (tertiary/aromatic N) is 2. The van der Waals surface area contributed by atoms with Crippen LogP contribution in [0.1, 0.15) is 15.9 Å². The highest BCUT2D eigenvalue weighted by atomic mass is 19.4. The maximum absolute atomic E-state index is 12.4. The number of carbonyl (C=O) groups is 1. The highest BCUT2D eigenvalue weighted by molar-refractivity contribution is 5.94. The summed E-state index contributed by atoms with van der Waals surface area (Å²) in [5.41, 5.74) is -0.461. The molecule has 0 spiro atoms. The summed E-state index contributed by atoms with van der Waals surface area (Å²) in [6.45, 7) is 2.23. The fourth-order valence-electron chi connectivity index (χ4n) is 1.79. The van der Waals surface area contributed by atoms with Gasteiger partial charge in [0.15, 0.2) is 0 Å². The minimum atomic E-state index is -4.37. The normalized spacial score (nSPS) is 16.7. The van der Waals surface area contributed by atoms with Crippen LogP contribution in [0.15, 0.2) is 24.3 Å². The van der Waals surface area contributed by atoms with Crippen molar-refractivity contribution in [2.75, 3.05) is 26.2 Å². The van der Waals surface area contributed by atoms with Crippen molar-refractivity contribution < 1.29 is 18.0 Å². The van der Waals surface area contributed by atoms with Crippen molar-refractivity contribution in [1.29, 1.82) is 0 Å². The number of rotatable bonds is 1. The van der Waals surface area contributed by atoms with Gasteiger partial charge in [-0.15, -0.1) is 0 Å². The highest BCUT2D eigenvalue weighted by Crippen LogP contribution is 2.29. The number of carbonyl (C=O) groups excluding carboxylic acids is 1. The van der Waals surface area contributed by atoms with E-state index in [-0.39, 0.29) is 11.5 Å². The third-order valence-electron chi connectivity index (χ3n) is 2.80. The maximum Gasteiger partial charge on any atom is 0.416 e. The molecule has 3 nitrogen and oxygen atoms in total. The van der Waals surface area contributed by atoms with Crippen LogP contribution in [-0.2, 0) is 6.18 Å². The van der Waals surface area contributed by atoms with Crippen molar-refractivity contribution in [3.63, 3.8) is 0 Å². The smallest absolute Gasteiger partial charge is 0.336 e. The summed E-state index contributed by atoms with van der Waals surface area (Å²) < 4.78 is 37.1. The molecule has 1 heterocycles. The van der Waals surface area contributed by atoms with Gasteiger partial charge in [0.05, 0.1) is 5.56 Å². The van der Waals surface area contributed by atoms with Gasteiger partial charge >= 0.3 is 6.18 Å². The van der Waals surface area contributed by atoms with Gasteiger partial charge in [-0.1, -0.05) is 0 Å². The number of hydrogen-bond acceptors (Lipinski definition) is 1. The molecule has 1 aromatic rings. The highest BCUT2D eigenvalue weighted by Gasteiger charge is 2.30. The summed E-state index contributed by atoms with van der Waals surface area (Å²) in [7, 11) is 0. The molecule has 0 aromatic heterocycles. The van der Waals surface area contributed by atoms with Gasteiger partial charge in [-0.05, 0) is 24.3 Å². The van der Waals surface area contributed by atoms with Crippen LogP contribution >= 0.6 is 0 Å². The van der Waals surface area contributed by atoms with E-state index in [0.29, 0.717) is 26.2 Å². The van der Waals surface area contributed by atoms with Crippen LogP contribution in [0.4, 0.5) is 13.2 Å². The number of piperazine rings is 1. The van der Waals surface area contributed by atoms with Crippen LogP contribution in [0.25, 0.3) is 0 Å². The largest absolute Gasteiger partial charge is 0.416 e. The van der Waals surface area contributed by atoms with Crippen LogP contribution in [0, 0.1) is 0 Å². The van der Waals surface area contributed by atoms with E-state index in [1.54, 1.807) is 4.90 Å². The molecule has 1 amide bonds. The summed E-state index contributed by atoms with van der Waals surface area (Å²) in [5, 5.41) is 4.11. The van der Waals surface area contributed by atoms with E-state index in [4.69, 9.17) is 0 Å². The average Bonchev–Trinajstić information content (AvgIpc) is 2.38. The number of alkyl halides is 3. The first-order valence-electron chi connectivity index (χ1n) is 5.58. The molecular weight excluding hydrogens is 245 g/mol. The summed E-state index contributed by atoms with van der Waals surface area (Å²) in [5.74, 6) is -0.237. The Morgan fingerprint density at radius 3 is 2.17 bits per heavy atom. The second-order valence-corrected chi connectivity index (χ2v) is 4.04. The predicted octanol–water partition coefficient (Wildman–Crippen LogP) is 1.77. The lowest BCUT2D eigenvalue weighted by Gasteiger charge is -2.26. The van der Waals surface area contributed by atoms with Crippen LogP contribution < -0.4 is 5.32 Å². The molecule has 2 rings (SSSR count). The fourth-order valence-corrected chi connectivity index (χ4v) is 1.79. The van der Waals surface area contributed by atoms with Crippen molar-refractivity contribution in [3.8, 4) is 0 Å². The summed E-state index contributed by atoms with van der Waals surface area (Å²) in [6, 6.07) is 4.30. The number of hydrogen-bond donors (Lipinski definition) is 0. The molecule has 1 aliphatic rings. The molecule has 0 aliphatic carbocycles. The lowest BCUT2D eigenvalue weighted by Crippen LogP contribution is -2.43. The van der Waals surface area contributed by atoms with Crippen molar-refractivity contribution in [3.05, 3.63) is 35.4 Å². The molecule has 1 saturated heterocycles. The first-order valence-corrected chi connectivity index (χ1v) is 5.58. The Labute approximate surface area is 103 Å². The van der Waals surface area contributed by atoms with Gasteiger partial charge in [0.2, 0.25) is 0 Å². The van der Waals surface area contributed by atoms with Crippen LogP contribution in [-0.4, -0.2) is 37.0 Å². The maximum atomic E-state index is 12.4. The van der Waals surface area contributed by atoms with Crippen molar-refractivity contribution in [1.82, 2.24) is 10.2 Å². The third kappa shape index (κ3) is 2.81. The second-order valence-electron chi connectivity index (χ2n) is 4.04. The average molecular weight is 257 g/mol. The van der Waals surface area contributed by atoms with Crippen LogP contribution in [0.5, 0.6) is 0 Å². The van der Waals surface area contributed by atoms with Gasteiger partial charge < -0.3 is 4.90 Å². The van der Waals surface area contributed by atoms with Crippen molar-refractivity contribution in [2.24, 2.45) is 0 Å². The Bertz CT molecular complexity index is 422. The summed E-state index contributed by atoms with van der Waals surface area (Å²) >= 11 is 0. The van der Waals surface area contributed by atoms with Gasteiger partial charge in [-0.2, -0.15) is 13.2 Å². The van der Waals surface area contributed by atoms with Crippen molar-refractivity contribution >= 4 is 5.91 Å². The summed E-state index contributed by atoms with van der Waals surface area (Å²) in [6.07, 6.45) is -4.37. The van der Waals surface area contributed by atoms with E-state index in [1.165, 1.54) is 12.1 Å². The lowest BCUT2D eigenvalue weighted by molar-refractivity contribution is -0.137. The lowest BCUT2D eigenvalue weighted by atomic mass is 10.1. The molecule has 1 fully saturated rings. The molecule has 97 valence electrons. The topological polar surface area (TPSA) is 34.4 Å². The van der Waals surface area contributed by atoms with Gasteiger partial charge in [0, 0.05) is 31.7 Å². The quantitative estimate of drug-likeness (QED) is 0.755. The first kappa shape index (κ1) is 12.9. The molecule has 1 radical (unpaired) electrons. The molecule has 0 saturated carbocycles. The first-order chi connectivity index (χ1) is 8.48. The van der Waals surface area contributed by atoms with Gasteiger partial charge in [-0.25, -0.2) is 5.32 Å². The molecule has 6 heteroatoms. The molecule has 18 heavy (non-hydrogen) atoms. The molecule has 0 N–H and O–H groups in total. The van der Waals surface area contributed by atoms with Gasteiger partial charge in [0.1, 0.15) is 0 Å². The van der Waals surface area contributed by atoms with E-state index in [1.807, 2.05) is 0 Å². The number of halogens is 3. The van der Waals surface area contributed by atoms with Gasteiger partial charge in [-0.3, -0.25) is 4.79 Å². The monoisotopic (exact) mass is 257 g/mol. The molecular formula is C12H12F3N2O. The van der Waals surface area contributed by atoms with E-state index >= 15 is 0 Å². The minimum Gasteiger partial charge on any atom is -0.336 e. The zero-order valence-corrected chi connectivity index (χ0v) is 9.57. The molecule has 0 unspecified atom stereocenters. The van der Waals surface area contributed by atoms with E-state index < -0.39 is 11.7 Å². The molecule has 1 aromatic carbocycles. The van der Waals surface area contributed by atoms with E-state index in [2.05, 4.69) is 5.32 Å². The van der Waals surface area contributed by atoms with E-state index in [9.17, 15) is 18.0 Å². The van der Waals surface area contributed by atoms with Crippen molar-refractivity contribution in [2.45, 2.75) is 6.18 Å².